The van der Waals surface area contributed by atoms with Gasteiger partial charge in [0.1, 0.15) is 0 Å². The van der Waals surface area contributed by atoms with E-state index in [0.29, 0.717) is 26.2 Å². The third-order valence-corrected chi connectivity index (χ3v) is 6.06. The first-order chi connectivity index (χ1) is 13.0. The second kappa shape index (κ2) is 7.60. The second-order valence-corrected chi connectivity index (χ2v) is 9.71. The maximum atomic E-state index is 12.7. The van der Waals surface area contributed by atoms with E-state index in [4.69, 9.17) is 4.42 Å². The van der Waals surface area contributed by atoms with Crippen LogP contribution >= 0.6 is 0 Å². The summed E-state index contributed by atoms with van der Waals surface area (Å²) >= 11 is 0. The number of nitrogens with zero attached hydrogens (tertiary/aromatic N) is 2. The third kappa shape index (κ3) is 4.74. The second-order valence-electron chi connectivity index (χ2n) is 8.09. The average Bonchev–Trinajstić information content (AvgIpc) is 3.10. The van der Waals surface area contributed by atoms with E-state index in [-0.39, 0.29) is 16.8 Å². The third-order valence-electron chi connectivity index (χ3n) is 4.43. The van der Waals surface area contributed by atoms with Crippen LogP contribution in [0.2, 0.25) is 0 Å². The van der Waals surface area contributed by atoms with Crippen molar-refractivity contribution >= 4 is 21.6 Å². The Balaban J connectivity index is 1.65. The summed E-state index contributed by atoms with van der Waals surface area (Å²) in [5.41, 5.74) is 1.71. The van der Waals surface area contributed by atoms with Gasteiger partial charge in [0, 0.05) is 37.4 Å². The Kier molecular flexibility index (Phi) is 5.54. The van der Waals surface area contributed by atoms with Crippen LogP contribution in [0.5, 0.6) is 0 Å². The highest BCUT2D eigenvalue weighted by atomic mass is 32.2. The van der Waals surface area contributed by atoms with Crippen molar-refractivity contribution < 1.29 is 17.6 Å². The van der Waals surface area contributed by atoms with Gasteiger partial charge in [-0.3, -0.25) is 4.79 Å². The van der Waals surface area contributed by atoms with E-state index in [9.17, 15) is 13.2 Å². The van der Waals surface area contributed by atoms with E-state index in [1.165, 1.54) is 17.7 Å². The van der Waals surface area contributed by atoms with E-state index in [1.54, 1.807) is 25.7 Å². The van der Waals surface area contributed by atoms with Crippen molar-refractivity contribution in [2.24, 2.45) is 0 Å². The van der Waals surface area contributed by atoms with Crippen molar-refractivity contribution in [1.82, 2.24) is 9.62 Å². The lowest BCUT2D eigenvalue weighted by atomic mass is 10.1. The SMILES string of the molecule is Cc1cccc(N2CCN(C(=O)c3ccc(S(=O)(=O)NC(C)(C)C)o3)CC2)c1. The molecule has 1 fully saturated rings. The van der Waals surface area contributed by atoms with Crippen molar-refractivity contribution in [3.05, 3.63) is 47.7 Å². The Morgan fingerprint density at radius 3 is 2.36 bits per heavy atom. The molecule has 0 spiro atoms. The van der Waals surface area contributed by atoms with Gasteiger partial charge in [-0.15, -0.1) is 0 Å². The molecule has 0 bridgehead atoms. The summed E-state index contributed by atoms with van der Waals surface area (Å²) in [6.45, 7) is 9.82. The number of carbonyl (C=O) groups excluding carboxylic acids is 1. The van der Waals surface area contributed by atoms with E-state index in [1.807, 2.05) is 6.07 Å². The minimum absolute atomic E-state index is 0.0401. The zero-order chi connectivity index (χ0) is 20.5. The van der Waals surface area contributed by atoms with Gasteiger partial charge >= 0.3 is 0 Å². The van der Waals surface area contributed by atoms with Gasteiger partial charge in [0.05, 0.1) is 0 Å². The molecule has 1 saturated heterocycles. The number of hydrogen-bond acceptors (Lipinski definition) is 5. The molecule has 1 aromatic heterocycles. The van der Waals surface area contributed by atoms with E-state index in [0.717, 1.165) is 5.69 Å². The molecule has 1 aromatic carbocycles. The number of anilines is 1. The molecule has 3 rings (SSSR count). The molecule has 0 saturated carbocycles. The number of nitrogens with one attached hydrogen (secondary N) is 1. The molecule has 0 atom stereocenters. The fraction of sp³-hybridized carbons (Fsp3) is 0.450. The normalized spacial score (nSPS) is 15.7. The molecule has 2 heterocycles. The van der Waals surface area contributed by atoms with Gasteiger partial charge in [-0.2, -0.15) is 0 Å². The molecule has 1 amide bonds. The van der Waals surface area contributed by atoms with E-state index in [2.05, 4.69) is 34.7 Å². The van der Waals surface area contributed by atoms with Crippen LogP contribution in [0.4, 0.5) is 5.69 Å². The molecule has 152 valence electrons. The monoisotopic (exact) mass is 405 g/mol. The van der Waals surface area contributed by atoms with Gasteiger partial charge in [-0.1, -0.05) is 12.1 Å². The predicted octanol–water partition coefficient (Wildman–Crippen LogP) is 2.63. The number of piperazine rings is 1. The zero-order valence-corrected chi connectivity index (χ0v) is 17.5. The maximum absolute atomic E-state index is 12.7. The summed E-state index contributed by atoms with van der Waals surface area (Å²) in [6.07, 6.45) is 0. The van der Waals surface area contributed by atoms with Crippen LogP contribution in [0.1, 0.15) is 36.9 Å². The van der Waals surface area contributed by atoms with Gasteiger partial charge in [0.15, 0.2) is 5.76 Å². The number of amides is 1. The molecule has 1 N–H and O–H groups in total. The first-order valence-electron chi connectivity index (χ1n) is 9.30. The number of rotatable bonds is 4. The standard InChI is InChI=1S/C20H27N3O4S/c1-15-6-5-7-16(14-15)22-10-12-23(13-11-22)19(24)17-8-9-18(27-17)28(25,26)21-20(2,3)4/h5-9,14,21H,10-13H2,1-4H3. The first-order valence-corrected chi connectivity index (χ1v) is 10.8. The lowest BCUT2D eigenvalue weighted by Gasteiger charge is -2.35. The van der Waals surface area contributed by atoms with Crippen LogP contribution in [0.25, 0.3) is 0 Å². The summed E-state index contributed by atoms with van der Waals surface area (Å²) < 4.78 is 32.6. The lowest BCUT2D eigenvalue weighted by Crippen LogP contribution is -2.48. The quantitative estimate of drug-likeness (QED) is 0.846. The van der Waals surface area contributed by atoms with Gasteiger partial charge < -0.3 is 14.2 Å². The molecule has 8 heteroatoms. The molecule has 2 aromatic rings. The number of sulfonamides is 1. The van der Waals surface area contributed by atoms with Crippen molar-refractivity contribution in [3.8, 4) is 0 Å². The van der Waals surface area contributed by atoms with E-state index >= 15 is 0 Å². The summed E-state index contributed by atoms with van der Waals surface area (Å²) in [5.74, 6) is -0.251. The van der Waals surface area contributed by atoms with Crippen molar-refractivity contribution in [3.63, 3.8) is 0 Å². The Bertz CT molecular complexity index is 952. The minimum atomic E-state index is -3.81. The largest absolute Gasteiger partial charge is 0.438 e. The first kappa shape index (κ1) is 20.4. The van der Waals surface area contributed by atoms with Crippen molar-refractivity contribution in [2.45, 2.75) is 38.3 Å². The molecular formula is C20H27N3O4S. The van der Waals surface area contributed by atoms with Crippen LogP contribution in [0, 0.1) is 6.92 Å². The van der Waals surface area contributed by atoms with Crippen LogP contribution in [-0.4, -0.2) is 50.9 Å². The summed E-state index contributed by atoms with van der Waals surface area (Å²) in [6, 6.07) is 11.0. The molecule has 7 nitrogen and oxygen atoms in total. The molecule has 0 unspecified atom stereocenters. The summed E-state index contributed by atoms with van der Waals surface area (Å²) in [5, 5.41) is -0.246. The van der Waals surface area contributed by atoms with Gasteiger partial charge in [0.2, 0.25) is 5.09 Å². The fourth-order valence-electron chi connectivity index (χ4n) is 3.18. The summed E-state index contributed by atoms with van der Waals surface area (Å²) in [7, 11) is -3.81. The van der Waals surface area contributed by atoms with E-state index < -0.39 is 15.6 Å². The molecule has 28 heavy (non-hydrogen) atoms. The highest BCUT2D eigenvalue weighted by molar-refractivity contribution is 7.89. The molecule has 1 aliphatic rings. The fourth-order valence-corrected chi connectivity index (χ4v) is 4.53. The highest BCUT2D eigenvalue weighted by Crippen LogP contribution is 2.21. The number of carbonyl (C=O) groups is 1. The smallest absolute Gasteiger partial charge is 0.289 e. The van der Waals surface area contributed by atoms with Crippen LogP contribution < -0.4 is 9.62 Å². The summed E-state index contributed by atoms with van der Waals surface area (Å²) in [4.78, 5) is 16.7. The van der Waals surface area contributed by atoms with Crippen LogP contribution in [0.15, 0.2) is 45.9 Å². The predicted molar refractivity (Wildman–Crippen MR) is 108 cm³/mol. The zero-order valence-electron chi connectivity index (χ0n) is 16.7. The molecule has 1 aliphatic heterocycles. The van der Waals surface area contributed by atoms with Crippen molar-refractivity contribution in [2.75, 3.05) is 31.1 Å². The Morgan fingerprint density at radius 2 is 1.75 bits per heavy atom. The van der Waals surface area contributed by atoms with Gasteiger partial charge in [-0.25, -0.2) is 13.1 Å². The van der Waals surface area contributed by atoms with Crippen LogP contribution in [0.3, 0.4) is 0 Å². The van der Waals surface area contributed by atoms with Gasteiger partial charge in [-0.05, 0) is 57.5 Å². The number of aryl methyl sites for hydroxylation is 1. The Labute approximate surface area is 166 Å². The number of hydrogen-bond donors (Lipinski definition) is 1. The Hall–Kier alpha value is -2.32. The average molecular weight is 406 g/mol. The topological polar surface area (TPSA) is 82.9 Å². The highest BCUT2D eigenvalue weighted by Gasteiger charge is 2.28. The molecule has 0 aliphatic carbocycles. The Morgan fingerprint density at radius 1 is 1.07 bits per heavy atom. The maximum Gasteiger partial charge on any atom is 0.289 e. The van der Waals surface area contributed by atoms with Crippen LogP contribution in [-0.2, 0) is 10.0 Å². The minimum Gasteiger partial charge on any atom is -0.438 e. The van der Waals surface area contributed by atoms with Crippen molar-refractivity contribution in [1.29, 1.82) is 0 Å². The number of furan rings is 1. The molecular weight excluding hydrogens is 378 g/mol. The van der Waals surface area contributed by atoms with Gasteiger partial charge in [0.25, 0.3) is 15.9 Å². The number of benzene rings is 1. The lowest BCUT2D eigenvalue weighted by molar-refractivity contribution is 0.0709. The molecule has 0 radical (unpaired) electrons.